The summed E-state index contributed by atoms with van der Waals surface area (Å²) in [5.74, 6) is 0.117. The number of nitrogens with zero attached hydrogens (tertiary/aromatic N) is 1. The molecule has 5 heteroatoms. The van der Waals surface area contributed by atoms with Crippen molar-refractivity contribution in [3.8, 4) is 5.75 Å². The maximum absolute atomic E-state index is 12.2. The molecule has 118 valence electrons. The van der Waals surface area contributed by atoms with Crippen LogP contribution in [0.2, 0.25) is 0 Å². The average molecular weight is 302 g/mol. The first-order valence-corrected chi connectivity index (χ1v) is 7.22. The van der Waals surface area contributed by atoms with E-state index in [9.17, 15) is 9.59 Å². The highest BCUT2D eigenvalue weighted by Gasteiger charge is 2.41. The van der Waals surface area contributed by atoms with E-state index in [0.717, 1.165) is 5.56 Å². The number of ether oxygens (including phenoxy) is 1. The van der Waals surface area contributed by atoms with Gasteiger partial charge in [-0.1, -0.05) is 18.7 Å². The molecule has 1 unspecified atom stereocenters. The molecule has 1 heterocycles. The lowest BCUT2D eigenvalue weighted by Gasteiger charge is -2.27. The van der Waals surface area contributed by atoms with Crippen molar-refractivity contribution in [2.45, 2.75) is 38.9 Å². The molecule has 2 rings (SSSR count). The first-order valence-electron chi connectivity index (χ1n) is 7.22. The Morgan fingerprint density at radius 2 is 1.95 bits per heavy atom. The van der Waals surface area contributed by atoms with Gasteiger partial charge < -0.3 is 9.64 Å². The van der Waals surface area contributed by atoms with Gasteiger partial charge in [0.2, 0.25) is 5.91 Å². The summed E-state index contributed by atoms with van der Waals surface area (Å²) in [6, 6.07) is 6.95. The minimum Gasteiger partial charge on any atom is -0.423 e. The van der Waals surface area contributed by atoms with Crippen LogP contribution >= 0.6 is 0 Å². The van der Waals surface area contributed by atoms with Gasteiger partial charge in [0, 0.05) is 12.6 Å². The van der Waals surface area contributed by atoms with Gasteiger partial charge in [0.1, 0.15) is 5.75 Å². The summed E-state index contributed by atoms with van der Waals surface area (Å²) < 4.78 is 5.14. The summed E-state index contributed by atoms with van der Waals surface area (Å²) in [5, 5.41) is 3.32. The maximum Gasteiger partial charge on any atom is 0.338 e. The van der Waals surface area contributed by atoms with Crippen molar-refractivity contribution in [2.24, 2.45) is 0 Å². The molecule has 0 aliphatic carbocycles. The van der Waals surface area contributed by atoms with E-state index in [1.165, 1.54) is 0 Å². The first kappa shape index (κ1) is 16.2. The normalized spacial score (nSPS) is 20.1. The first-order chi connectivity index (χ1) is 10.2. The van der Waals surface area contributed by atoms with Gasteiger partial charge in [-0.2, -0.15) is 0 Å². The molecular formula is C17H22N2O3. The third kappa shape index (κ3) is 3.36. The van der Waals surface area contributed by atoms with Gasteiger partial charge in [-0.05, 0) is 44.9 Å². The standard InChI is InChI=1S/C17H22N2O3/c1-11(2)16(21)22-13-8-6-12(7-9-13)10-14-15(20)19(5)17(3,4)18-14/h6-9,14,18H,1,10H2,2-5H3. The molecule has 22 heavy (non-hydrogen) atoms. The van der Waals surface area contributed by atoms with Crippen LogP contribution in [-0.2, 0) is 16.0 Å². The molecular weight excluding hydrogens is 280 g/mol. The third-order valence-electron chi connectivity index (χ3n) is 3.92. The largest absolute Gasteiger partial charge is 0.423 e. The quantitative estimate of drug-likeness (QED) is 0.524. The summed E-state index contributed by atoms with van der Waals surface area (Å²) in [6.07, 6.45) is 0.599. The van der Waals surface area contributed by atoms with Gasteiger partial charge in [-0.15, -0.1) is 0 Å². The van der Waals surface area contributed by atoms with Crippen LogP contribution < -0.4 is 10.1 Å². The molecule has 1 saturated heterocycles. The van der Waals surface area contributed by atoms with Crippen LogP contribution in [0.1, 0.15) is 26.3 Å². The van der Waals surface area contributed by atoms with Gasteiger partial charge >= 0.3 is 5.97 Å². The fourth-order valence-corrected chi connectivity index (χ4v) is 2.36. The van der Waals surface area contributed by atoms with Crippen molar-refractivity contribution in [2.75, 3.05) is 7.05 Å². The van der Waals surface area contributed by atoms with Crippen molar-refractivity contribution >= 4 is 11.9 Å². The van der Waals surface area contributed by atoms with Crippen LogP contribution in [0.15, 0.2) is 36.4 Å². The summed E-state index contributed by atoms with van der Waals surface area (Å²) >= 11 is 0. The predicted octanol–water partition coefficient (Wildman–Crippen LogP) is 1.88. The number of rotatable bonds is 4. The lowest BCUT2D eigenvalue weighted by molar-refractivity contribution is -0.130. The lowest BCUT2D eigenvalue weighted by atomic mass is 10.1. The molecule has 1 N–H and O–H groups in total. The molecule has 1 aromatic rings. The average Bonchev–Trinajstić information content (AvgIpc) is 2.64. The van der Waals surface area contributed by atoms with Crippen molar-refractivity contribution in [3.05, 3.63) is 42.0 Å². The molecule has 1 aliphatic rings. The second-order valence-corrected chi connectivity index (χ2v) is 6.17. The molecule has 0 saturated carbocycles. The Morgan fingerprint density at radius 1 is 1.36 bits per heavy atom. The van der Waals surface area contributed by atoms with E-state index in [1.54, 1.807) is 31.0 Å². The highest BCUT2D eigenvalue weighted by Crippen LogP contribution is 2.22. The number of likely N-dealkylation sites (N-methyl/N-ethyl adjacent to an activating group) is 1. The van der Waals surface area contributed by atoms with Crippen LogP contribution in [-0.4, -0.2) is 35.5 Å². The van der Waals surface area contributed by atoms with Crippen LogP contribution in [0, 0.1) is 0 Å². The Hall–Kier alpha value is -2.14. The number of hydrogen-bond donors (Lipinski definition) is 1. The number of carbonyl (C=O) groups is 2. The van der Waals surface area contributed by atoms with Crippen LogP contribution in [0.5, 0.6) is 5.75 Å². The van der Waals surface area contributed by atoms with Gasteiger partial charge in [-0.3, -0.25) is 10.1 Å². The smallest absolute Gasteiger partial charge is 0.338 e. The number of amides is 1. The zero-order valence-corrected chi connectivity index (χ0v) is 13.5. The molecule has 1 amide bonds. The minimum absolute atomic E-state index is 0.0859. The second-order valence-electron chi connectivity index (χ2n) is 6.17. The Morgan fingerprint density at radius 3 is 2.41 bits per heavy atom. The van der Waals surface area contributed by atoms with E-state index in [2.05, 4.69) is 11.9 Å². The summed E-state index contributed by atoms with van der Waals surface area (Å²) in [6.45, 7) is 9.10. The summed E-state index contributed by atoms with van der Waals surface area (Å²) in [5.41, 5.74) is 1.03. The lowest BCUT2D eigenvalue weighted by Crippen LogP contribution is -2.45. The molecule has 1 atom stereocenters. The van der Waals surface area contributed by atoms with Gasteiger partial charge in [0.05, 0.1) is 11.7 Å². The highest BCUT2D eigenvalue weighted by atomic mass is 16.5. The Kier molecular flexibility index (Phi) is 4.37. The fraction of sp³-hybridized carbons (Fsp3) is 0.412. The third-order valence-corrected chi connectivity index (χ3v) is 3.92. The van der Waals surface area contributed by atoms with Crippen molar-refractivity contribution < 1.29 is 14.3 Å². The van der Waals surface area contributed by atoms with Gasteiger partial charge in [0.25, 0.3) is 0 Å². The monoisotopic (exact) mass is 302 g/mol. The second kappa shape index (κ2) is 5.93. The molecule has 1 aliphatic heterocycles. The Balaban J connectivity index is 2.02. The molecule has 0 bridgehead atoms. The highest BCUT2D eigenvalue weighted by molar-refractivity contribution is 5.88. The zero-order chi connectivity index (χ0) is 16.5. The molecule has 1 fully saturated rings. The van der Waals surface area contributed by atoms with E-state index >= 15 is 0 Å². The van der Waals surface area contributed by atoms with E-state index < -0.39 is 5.97 Å². The summed E-state index contributed by atoms with van der Waals surface area (Å²) in [7, 11) is 1.80. The van der Waals surface area contributed by atoms with Gasteiger partial charge in [-0.25, -0.2) is 4.79 Å². The molecule has 5 nitrogen and oxygen atoms in total. The maximum atomic E-state index is 12.2. The van der Waals surface area contributed by atoms with Crippen molar-refractivity contribution in [3.63, 3.8) is 0 Å². The van der Waals surface area contributed by atoms with Crippen LogP contribution in [0.3, 0.4) is 0 Å². The van der Waals surface area contributed by atoms with E-state index in [0.29, 0.717) is 17.7 Å². The molecule has 1 aromatic carbocycles. The summed E-state index contributed by atoms with van der Waals surface area (Å²) in [4.78, 5) is 25.4. The number of benzene rings is 1. The topological polar surface area (TPSA) is 58.6 Å². The number of hydrogen-bond acceptors (Lipinski definition) is 4. The number of nitrogens with one attached hydrogen (secondary N) is 1. The van der Waals surface area contributed by atoms with E-state index in [4.69, 9.17) is 4.74 Å². The number of carbonyl (C=O) groups excluding carboxylic acids is 2. The van der Waals surface area contributed by atoms with Gasteiger partial charge in [0.15, 0.2) is 0 Å². The zero-order valence-electron chi connectivity index (χ0n) is 13.5. The molecule has 0 spiro atoms. The Labute approximate surface area is 130 Å². The fourth-order valence-electron chi connectivity index (χ4n) is 2.36. The number of esters is 1. The van der Waals surface area contributed by atoms with E-state index in [1.807, 2.05) is 26.0 Å². The predicted molar refractivity (Wildman–Crippen MR) is 84.4 cm³/mol. The van der Waals surface area contributed by atoms with Crippen LogP contribution in [0.4, 0.5) is 0 Å². The Bertz CT molecular complexity index is 605. The van der Waals surface area contributed by atoms with Crippen molar-refractivity contribution in [1.29, 1.82) is 0 Å². The molecule has 0 aromatic heterocycles. The molecule has 0 radical (unpaired) electrons. The van der Waals surface area contributed by atoms with Crippen LogP contribution in [0.25, 0.3) is 0 Å². The minimum atomic E-state index is -0.441. The SMILES string of the molecule is C=C(C)C(=O)Oc1ccc(CC2NC(C)(C)N(C)C2=O)cc1. The van der Waals surface area contributed by atoms with E-state index in [-0.39, 0.29) is 17.6 Å². The van der Waals surface area contributed by atoms with Crippen molar-refractivity contribution in [1.82, 2.24) is 10.2 Å².